The van der Waals surface area contributed by atoms with Gasteiger partial charge in [-0.1, -0.05) is 0 Å². The third-order valence-corrected chi connectivity index (χ3v) is 5.86. The minimum atomic E-state index is 0. The van der Waals surface area contributed by atoms with Gasteiger partial charge in [-0.05, 0) is 57.0 Å². The van der Waals surface area contributed by atoms with Crippen LogP contribution < -0.4 is 5.32 Å². The Balaban J connectivity index is 0.00000144. The van der Waals surface area contributed by atoms with E-state index in [-0.39, 0.29) is 24.4 Å². The van der Waals surface area contributed by atoms with Crippen LogP contribution in [0.2, 0.25) is 0 Å². The minimum Gasteiger partial charge on any atom is -0.347 e. The fraction of sp³-hybridized carbons (Fsp3) is 0.500. The van der Waals surface area contributed by atoms with Crippen molar-refractivity contribution in [3.05, 3.63) is 29.3 Å². The van der Waals surface area contributed by atoms with Gasteiger partial charge in [0.1, 0.15) is 0 Å². The summed E-state index contributed by atoms with van der Waals surface area (Å²) in [6.45, 7) is 4.61. The Morgan fingerprint density at radius 3 is 2.86 bits per heavy atom. The van der Waals surface area contributed by atoms with E-state index in [0.29, 0.717) is 12.0 Å². The predicted octanol–water partition coefficient (Wildman–Crippen LogP) is 2.93. The van der Waals surface area contributed by atoms with Gasteiger partial charge in [0, 0.05) is 17.6 Å². The van der Waals surface area contributed by atoms with Crippen molar-refractivity contribution < 1.29 is 4.79 Å². The summed E-state index contributed by atoms with van der Waals surface area (Å²) >= 11 is 1.58. The van der Waals surface area contributed by atoms with Gasteiger partial charge in [-0.25, -0.2) is 4.98 Å². The highest BCUT2D eigenvalue weighted by Gasteiger charge is 2.40. The number of amides is 1. The fourth-order valence-electron chi connectivity index (χ4n) is 3.78. The first-order valence-electron chi connectivity index (χ1n) is 7.60. The van der Waals surface area contributed by atoms with Crippen LogP contribution in [0, 0.1) is 5.92 Å². The second kappa shape index (κ2) is 6.14. The molecule has 22 heavy (non-hydrogen) atoms. The van der Waals surface area contributed by atoms with E-state index in [4.69, 9.17) is 0 Å². The van der Waals surface area contributed by atoms with E-state index in [1.165, 1.54) is 25.9 Å². The maximum Gasteiger partial charge on any atom is 0.251 e. The summed E-state index contributed by atoms with van der Waals surface area (Å²) in [5, 5.41) is 3.28. The molecular weight excluding hydrogens is 318 g/mol. The molecule has 3 aliphatic rings. The van der Waals surface area contributed by atoms with E-state index in [0.717, 1.165) is 15.8 Å². The number of carbonyl (C=O) groups is 1. The molecular formula is C16H20ClN3OS. The minimum absolute atomic E-state index is 0. The Labute approximate surface area is 140 Å². The zero-order valence-corrected chi connectivity index (χ0v) is 14.1. The Kier molecular flexibility index (Phi) is 4.39. The monoisotopic (exact) mass is 337 g/mol. The van der Waals surface area contributed by atoms with Crippen molar-refractivity contribution in [2.45, 2.75) is 31.8 Å². The molecule has 0 unspecified atom stereocenters. The van der Waals surface area contributed by atoms with Gasteiger partial charge in [0.05, 0.1) is 15.7 Å². The van der Waals surface area contributed by atoms with Gasteiger partial charge >= 0.3 is 0 Å². The number of halogens is 1. The molecule has 118 valence electrons. The van der Waals surface area contributed by atoms with E-state index < -0.39 is 0 Å². The first-order valence-corrected chi connectivity index (χ1v) is 8.48. The average Bonchev–Trinajstić information content (AvgIpc) is 2.98. The molecule has 0 radical (unpaired) electrons. The summed E-state index contributed by atoms with van der Waals surface area (Å²) in [5.41, 5.74) is 3.53. The zero-order chi connectivity index (χ0) is 14.4. The van der Waals surface area contributed by atoms with E-state index in [1.54, 1.807) is 11.3 Å². The lowest BCUT2D eigenvalue weighted by Crippen LogP contribution is -2.62. The molecule has 6 heteroatoms. The number of carbonyl (C=O) groups excluding carboxylic acids is 1. The SMILES string of the molecule is C[C@@H]1[C@H](NC(=O)c2ccc3ncsc3c2)C2CCN1CC2.Cl. The number of nitrogens with zero attached hydrogens (tertiary/aromatic N) is 2. The molecule has 0 aliphatic carbocycles. The standard InChI is InChI=1S/C16H19N3OS.ClH/c1-10-15(11-4-6-19(10)7-5-11)18-16(20)12-2-3-13-14(8-12)21-9-17-13;/h2-3,8-11,15H,4-7H2,1H3,(H,18,20);1H/t10-,15+;/m1./s1. The zero-order valence-electron chi connectivity index (χ0n) is 12.5. The number of piperidine rings is 3. The maximum absolute atomic E-state index is 12.6. The molecule has 4 heterocycles. The molecule has 1 N–H and O–H groups in total. The summed E-state index contributed by atoms with van der Waals surface area (Å²) < 4.78 is 1.07. The van der Waals surface area contributed by atoms with Crippen molar-refractivity contribution in [1.82, 2.24) is 15.2 Å². The molecule has 3 saturated heterocycles. The van der Waals surface area contributed by atoms with Crippen molar-refractivity contribution in [2.75, 3.05) is 13.1 Å². The molecule has 1 aromatic carbocycles. The van der Waals surface area contributed by atoms with E-state index in [2.05, 4.69) is 22.1 Å². The highest BCUT2D eigenvalue weighted by molar-refractivity contribution is 7.16. The Bertz CT molecular complexity index is 679. The van der Waals surface area contributed by atoms with Crippen LogP contribution in [0.25, 0.3) is 10.2 Å². The molecule has 5 rings (SSSR count). The van der Waals surface area contributed by atoms with Gasteiger partial charge in [-0.2, -0.15) is 0 Å². The van der Waals surface area contributed by atoms with Gasteiger partial charge in [0.15, 0.2) is 0 Å². The lowest BCUT2D eigenvalue weighted by Gasteiger charge is -2.49. The third-order valence-electron chi connectivity index (χ3n) is 5.07. The third kappa shape index (κ3) is 2.62. The molecule has 0 spiro atoms. The second-order valence-electron chi connectivity index (χ2n) is 6.15. The highest BCUT2D eigenvalue weighted by atomic mass is 35.5. The predicted molar refractivity (Wildman–Crippen MR) is 91.9 cm³/mol. The summed E-state index contributed by atoms with van der Waals surface area (Å²) in [6.07, 6.45) is 2.42. The van der Waals surface area contributed by atoms with Crippen molar-refractivity contribution >= 4 is 39.9 Å². The number of benzene rings is 1. The smallest absolute Gasteiger partial charge is 0.251 e. The van der Waals surface area contributed by atoms with Crippen LogP contribution in [0.15, 0.2) is 23.7 Å². The first-order chi connectivity index (χ1) is 10.2. The molecule has 1 amide bonds. The number of thiazole rings is 1. The van der Waals surface area contributed by atoms with Crippen LogP contribution in [0.5, 0.6) is 0 Å². The Morgan fingerprint density at radius 2 is 2.14 bits per heavy atom. The second-order valence-corrected chi connectivity index (χ2v) is 7.03. The van der Waals surface area contributed by atoms with Crippen LogP contribution in [0.3, 0.4) is 0 Å². The van der Waals surface area contributed by atoms with Crippen LogP contribution in [-0.4, -0.2) is 41.0 Å². The average molecular weight is 338 g/mol. The number of hydrogen-bond donors (Lipinski definition) is 1. The number of nitrogens with one attached hydrogen (secondary N) is 1. The summed E-state index contributed by atoms with van der Waals surface area (Å²) in [5.74, 6) is 0.692. The van der Waals surface area contributed by atoms with Gasteiger partial charge in [0.2, 0.25) is 0 Å². The Morgan fingerprint density at radius 1 is 1.36 bits per heavy atom. The molecule has 2 bridgehead atoms. The molecule has 3 fully saturated rings. The van der Waals surface area contributed by atoms with Crippen LogP contribution in [0.1, 0.15) is 30.1 Å². The fourth-order valence-corrected chi connectivity index (χ4v) is 4.49. The van der Waals surface area contributed by atoms with Crippen molar-refractivity contribution in [3.63, 3.8) is 0 Å². The highest BCUT2D eigenvalue weighted by Crippen LogP contribution is 2.32. The number of aromatic nitrogens is 1. The molecule has 2 aromatic rings. The lowest BCUT2D eigenvalue weighted by molar-refractivity contribution is 0.0217. The molecule has 3 aliphatic heterocycles. The summed E-state index contributed by atoms with van der Waals surface area (Å²) in [4.78, 5) is 19.3. The molecule has 2 atom stereocenters. The van der Waals surface area contributed by atoms with Crippen LogP contribution >= 0.6 is 23.7 Å². The Hall–Kier alpha value is -1.17. The summed E-state index contributed by atoms with van der Waals surface area (Å²) in [7, 11) is 0. The van der Waals surface area contributed by atoms with Crippen LogP contribution in [0.4, 0.5) is 0 Å². The number of rotatable bonds is 2. The molecule has 0 saturated carbocycles. The summed E-state index contributed by atoms with van der Waals surface area (Å²) in [6, 6.07) is 6.50. The van der Waals surface area contributed by atoms with Gasteiger partial charge in [-0.3, -0.25) is 9.69 Å². The van der Waals surface area contributed by atoms with Crippen LogP contribution in [-0.2, 0) is 0 Å². The van der Waals surface area contributed by atoms with E-state index >= 15 is 0 Å². The molecule has 1 aromatic heterocycles. The van der Waals surface area contributed by atoms with Crippen molar-refractivity contribution in [3.8, 4) is 0 Å². The van der Waals surface area contributed by atoms with Crippen molar-refractivity contribution in [2.24, 2.45) is 5.92 Å². The number of hydrogen-bond acceptors (Lipinski definition) is 4. The first kappa shape index (κ1) is 15.7. The van der Waals surface area contributed by atoms with Gasteiger partial charge < -0.3 is 5.32 Å². The maximum atomic E-state index is 12.6. The van der Waals surface area contributed by atoms with E-state index in [9.17, 15) is 4.79 Å². The van der Waals surface area contributed by atoms with E-state index in [1.807, 2.05) is 23.7 Å². The topological polar surface area (TPSA) is 45.2 Å². The van der Waals surface area contributed by atoms with Crippen molar-refractivity contribution in [1.29, 1.82) is 0 Å². The number of fused-ring (bicyclic) bond motifs is 4. The van der Waals surface area contributed by atoms with Gasteiger partial charge in [0.25, 0.3) is 5.91 Å². The van der Waals surface area contributed by atoms with Gasteiger partial charge in [-0.15, -0.1) is 23.7 Å². The lowest BCUT2D eigenvalue weighted by atomic mass is 9.79. The molecule has 4 nitrogen and oxygen atoms in total. The quantitative estimate of drug-likeness (QED) is 0.916. The normalized spacial score (nSPS) is 30.0. The largest absolute Gasteiger partial charge is 0.347 e.